The maximum absolute atomic E-state index is 13.0. The molecule has 0 saturated heterocycles. The summed E-state index contributed by atoms with van der Waals surface area (Å²) in [6, 6.07) is 9.40. The van der Waals surface area contributed by atoms with Gasteiger partial charge in [0.25, 0.3) is 10.1 Å². The van der Waals surface area contributed by atoms with Crippen LogP contribution in [0.15, 0.2) is 35.9 Å². The quantitative estimate of drug-likeness (QED) is 0.665. The average Bonchev–Trinajstić information content (AvgIpc) is 2.69. The zero-order chi connectivity index (χ0) is 17.3. The van der Waals surface area contributed by atoms with E-state index >= 15 is 0 Å². The van der Waals surface area contributed by atoms with Crippen LogP contribution in [0.4, 0.5) is 0 Å². The number of allylic oxidation sites excluding steroid dienone is 1. The van der Waals surface area contributed by atoms with Gasteiger partial charge in [-0.1, -0.05) is 58.0 Å². The lowest BCUT2D eigenvalue weighted by Gasteiger charge is -2.39. The zero-order valence-electron chi connectivity index (χ0n) is 13.8. The van der Waals surface area contributed by atoms with E-state index in [0.29, 0.717) is 5.57 Å². The monoisotopic (exact) mass is 334 g/mol. The Hall–Kier alpha value is -1.46. The number of rotatable bonds is 2. The fourth-order valence-corrected chi connectivity index (χ4v) is 6.12. The molecule has 0 spiro atoms. The molecular formula is C18H22O4S. The fourth-order valence-electron chi connectivity index (χ4n) is 4.56. The van der Waals surface area contributed by atoms with Crippen molar-refractivity contribution in [2.24, 2.45) is 16.2 Å². The first-order chi connectivity index (χ1) is 10.5. The van der Waals surface area contributed by atoms with Gasteiger partial charge in [-0.05, 0) is 23.5 Å². The van der Waals surface area contributed by atoms with Gasteiger partial charge in [0.2, 0.25) is 0 Å². The average molecular weight is 334 g/mol. The number of carbonyl (C=O) groups excluding carboxylic acids is 1. The third-order valence-corrected chi connectivity index (χ3v) is 8.05. The summed E-state index contributed by atoms with van der Waals surface area (Å²) >= 11 is 0. The van der Waals surface area contributed by atoms with E-state index in [1.807, 2.05) is 51.1 Å². The fraction of sp³-hybridized carbons (Fsp3) is 0.500. The van der Waals surface area contributed by atoms with Crippen molar-refractivity contribution in [1.82, 2.24) is 0 Å². The minimum atomic E-state index is -4.24. The highest BCUT2D eigenvalue weighted by Gasteiger charge is 2.76. The van der Waals surface area contributed by atoms with Crippen LogP contribution >= 0.6 is 0 Å². The summed E-state index contributed by atoms with van der Waals surface area (Å²) in [6.07, 6.45) is 1.95. The lowest BCUT2D eigenvalue weighted by atomic mass is 9.65. The molecule has 2 saturated carbocycles. The molecular weight excluding hydrogens is 312 g/mol. The molecule has 0 aromatic heterocycles. The van der Waals surface area contributed by atoms with Crippen molar-refractivity contribution >= 4 is 22.0 Å². The van der Waals surface area contributed by atoms with Crippen molar-refractivity contribution in [3.63, 3.8) is 0 Å². The zero-order valence-corrected chi connectivity index (χ0v) is 14.6. The third kappa shape index (κ3) is 1.86. The first-order valence-corrected chi connectivity index (χ1v) is 9.25. The van der Waals surface area contributed by atoms with Gasteiger partial charge in [-0.2, -0.15) is 8.42 Å². The minimum Gasteiger partial charge on any atom is -0.294 e. The van der Waals surface area contributed by atoms with E-state index in [1.54, 1.807) is 13.0 Å². The molecule has 3 unspecified atom stereocenters. The molecule has 0 heterocycles. The Balaban J connectivity index is 2.27. The van der Waals surface area contributed by atoms with E-state index < -0.39 is 31.6 Å². The number of carbonyl (C=O) groups is 1. The van der Waals surface area contributed by atoms with Gasteiger partial charge in [-0.3, -0.25) is 9.35 Å². The standard InChI is InChI=1S/C18H22O4S/c1-16(2)17(3)11-14(23(20,21)22)18(16,4)13(15(17)19)10-12-8-6-5-7-9-12/h5-10,14H,11H2,1-4H3,(H,20,21,22). The van der Waals surface area contributed by atoms with Gasteiger partial charge in [0.1, 0.15) is 0 Å². The molecule has 2 aliphatic rings. The number of Topliss-reactive ketones (excluding diaryl/α,β-unsaturated/α-hetero) is 1. The predicted octanol–water partition coefficient (Wildman–Crippen LogP) is 3.35. The van der Waals surface area contributed by atoms with E-state index in [1.165, 1.54) is 0 Å². The first kappa shape index (κ1) is 16.4. The first-order valence-electron chi connectivity index (χ1n) is 7.74. The highest BCUT2D eigenvalue weighted by molar-refractivity contribution is 7.86. The van der Waals surface area contributed by atoms with Crippen molar-refractivity contribution in [3.8, 4) is 0 Å². The van der Waals surface area contributed by atoms with Crippen LogP contribution in [0.3, 0.4) is 0 Å². The van der Waals surface area contributed by atoms with E-state index in [2.05, 4.69) is 0 Å². The molecule has 3 rings (SSSR count). The summed E-state index contributed by atoms with van der Waals surface area (Å²) in [5.74, 6) is -0.00578. The molecule has 1 aromatic rings. The molecule has 2 aliphatic carbocycles. The van der Waals surface area contributed by atoms with Gasteiger partial charge in [-0.15, -0.1) is 0 Å². The SMILES string of the molecule is CC12CC(S(=O)(=O)O)C(C)(C(=Cc3ccccc3)C1=O)C2(C)C. The second-order valence-electron chi connectivity index (χ2n) is 7.67. The number of hydrogen-bond donors (Lipinski definition) is 1. The number of ketones is 1. The molecule has 2 fully saturated rings. The summed E-state index contributed by atoms with van der Waals surface area (Å²) in [4.78, 5) is 13.0. The summed E-state index contributed by atoms with van der Waals surface area (Å²) in [5.41, 5.74) is -0.897. The second kappa shape index (κ2) is 4.54. The Kier molecular flexibility index (Phi) is 3.24. The predicted molar refractivity (Wildman–Crippen MR) is 89.4 cm³/mol. The van der Waals surface area contributed by atoms with E-state index in [4.69, 9.17) is 0 Å². The Morgan fingerprint density at radius 2 is 1.70 bits per heavy atom. The molecule has 124 valence electrons. The maximum atomic E-state index is 13.0. The van der Waals surface area contributed by atoms with Crippen LogP contribution in [0.2, 0.25) is 0 Å². The maximum Gasteiger partial charge on any atom is 0.268 e. The Labute approximate surface area is 137 Å². The van der Waals surface area contributed by atoms with Crippen LogP contribution in [0.5, 0.6) is 0 Å². The molecule has 1 aromatic carbocycles. The van der Waals surface area contributed by atoms with Gasteiger partial charge < -0.3 is 0 Å². The Morgan fingerprint density at radius 3 is 2.17 bits per heavy atom. The summed E-state index contributed by atoms with van der Waals surface area (Å²) < 4.78 is 33.7. The van der Waals surface area contributed by atoms with Crippen LogP contribution in [0.1, 0.15) is 39.7 Å². The highest BCUT2D eigenvalue weighted by atomic mass is 32.2. The van der Waals surface area contributed by atoms with Gasteiger partial charge in [0, 0.05) is 16.4 Å². The number of benzene rings is 1. The third-order valence-electron chi connectivity index (χ3n) is 6.69. The van der Waals surface area contributed by atoms with Crippen molar-refractivity contribution in [1.29, 1.82) is 0 Å². The molecule has 0 amide bonds. The van der Waals surface area contributed by atoms with Crippen molar-refractivity contribution in [2.45, 2.75) is 39.4 Å². The largest absolute Gasteiger partial charge is 0.294 e. The van der Waals surface area contributed by atoms with Gasteiger partial charge in [-0.25, -0.2) is 0 Å². The number of hydrogen-bond acceptors (Lipinski definition) is 3. The molecule has 5 heteroatoms. The molecule has 0 radical (unpaired) electrons. The van der Waals surface area contributed by atoms with Crippen LogP contribution in [0.25, 0.3) is 6.08 Å². The summed E-state index contributed by atoms with van der Waals surface area (Å²) in [7, 11) is -4.24. The van der Waals surface area contributed by atoms with E-state index in [9.17, 15) is 17.8 Å². The minimum absolute atomic E-state index is 0.00578. The smallest absolute Gasteiger partial charge is 0.268 e. The van der Waals surface area contributed by atoms with E-state index in [0.717, 1.165) is 5.56 Å². The van der Waals surface area contributed by atoms with Crippen LogP contribution < -0.4 is 0 Å². The van der Waals surface area contributed by atoms with E-state index in [-0.39, 0.29) is 12.2 Å². The van der Waals surface area contributed by atoms with Gasteiger partial charge >= 0.3 is 0 Å². The molecule has 0 aliphatic heterocycles. The van der Waals surface area contributed by atoms with Crippen LogP contribution in [-0.4, -0.2) is 24.0 Å². The Bertz CT molecular complexity index is 807. The molecule has 1 N–H and O–H groups in total. The van der Waals surface area contributed by atoms with Gasteiger partial charge in [0.05, 0.1) is 5.25 Å². The number of fused-ring (bicyclic) bond motifs is 2. The van der Waals surface area contributed by atoms with Crippen molar-refractivity contribution in [3.05, 3.63) is 41.5 Å². The van der Waals surface area contributed by atoms with Crippen molar-refractivity contribution < 1.29 is 17.8 Å². The van der Waals surface area contributed by atoms with Crippen LogP contribution in [-0.2, 0) is 14.9 Å². The molecule has 2 bridgehead atoms. The lowest BCUT2D eigenvalue weighted by molar-refractivity contribution is -0.125. The summed E-state index contributed by atoms with van der Waals surface area (Å²) in [6.45, 7) is 7.49. The normalized spacial score (nSPS) is 37.5. The van der Waals surface area contributed by atoms with Crippen LogP contribution in [0, 0.1) is 16.2 Å². The molecule has 23 heavy (non-hydrogen) atoms. The Morgan fingerprint density at radius 1 is 1.13 bits per heavy atom. The highest BCUT2D eigenvalue weighted by Crippen LogP contribution is 2.73. The second-order valence-corrected chi connectivity index (χ2v) is 9.26. The summed E-state index contributed by atoms with van der Waals surface area (Å²) in [5, 5.41) is -0.956. The molecule has 4 nitrogen and oxygen atoms in total. The molecule has 3 atom stereocenters. The topological polar surface area (TPSA) is 71.4 Å². The van der Waals surface area contributed by atoms with Gasteiger partial charge in [0.15, 0.2) is 5.78 Å². The van der Waals surface area contributed by atoms with Crippen molar-refractivity contribution in [2.75, 3.05) is 0 Å². The lowest BCUT2D eigenvalue weighted by Crippen LogP contribution is -2.42.